The first-order valence-corrected chi connectivity index (χ1v) is 9.35. The van der Waals surface area contributed by atoms with E-state index in [-0.39, 0.29) is 12.5 Å². The zero-order chi connectivity index (χ0) is 19.4. The second-order valence-corrected chi connectivity index (χ2v) is 7.47. The van der Waals surface area contributed by atoms with E-state index in [0.29, 0.717) is 31.4 Å². The molecule has 1 amide bonds. The van der Waals surface area contributed by atoms with E-state index >= 15 is 0 Å². The van der Waals surface area contributed by atoms with Crippen LogP contribution in [-0.4, -0.2) is 23.9 Å². The predicted octanol–water partition coefficient (Wildman–Crippen LogP) is 4.66. The second-order valence-electron chi connectivity index (χ2n) is 5.35. The molecule has 0 aliphatic carbocycles. The molecular weight excluding hydrogens is 404 g/mol. The van der Waals surface area contributed by atoms with Gasteiger partial charge in [-0.15, -0.1) is 0 Å². The normalized spacial score (nSPS) is 15.1. The van der Waals surface area contributed by atoms with Gasteiger partial charge in [-0.05, 0) is 42.0 Å². The Bertz CT molecular complexity index is 985. The Labute approximate surface area is 171 Å². The Morgan fingerprint density at radius 3 is 2.81 bits per heavy atom. The monoisotopic (exact) mass is 416 g/mol. The van der Waals surface area contributed by atoms with Crippen LogP contribution in [0.25, 0.3) is 6.08 Å². The number of amides is 1. The highest BCUT2D eigenvalue weighted by Gasteiger charge is 2.33. The predicted molar refractivity (Wildman–Crippen MR) is 111 cm³/mol. The second kappa shape index (κ2) is 8.44. The topological polar surface area (TPSA) is 62.6 Å². The van der Waals surface area contributed by atoms with Crippen molar-refractivity contribution in [3.05, 3.63) is 58.0 Å². The van der Waals surface area contributed by atoms with Crippen molar-refractivity contribution in [3.63, 3.8) is 0 Å². The van der Waals surface area contributed by atoms with Crippen LogP contribution in [0.15, 0.2) is 47.4 Å². The number of halogens is 1. The number of carbonyl (C=O) groups excluding carboxylic acids is 1. The first-order valence-electron chi connectivity index (χ1n) is 7.75. The lowest BCUT2D eigenvalue weighted by atomic mass is 10.2. The molecule has 2 aromatic carbocycles. The molecule has 0 aromatic heterocycles. The molecule has 1 aliphatic rings. The number of ether oxygens (including phenoxy) is 2. The summed E-state index contributed by atoms with van der Waals surface area (Å²) in [6, 6.07) is 14.1. The van der Waals surface area contributed by atoms with Gasteiger partial charge in [0, 0.05) is 5.02 Å². The van der Waals surface area contributed by atoms with Crippen molar-refractivity contribution in [2.45, 2.75) is 0 Å². The summed E-state index contributed by atoms with van der Waals surface area (Å²) in [5, 5.41) is 9.17. The van der Waals surface area contributed by atoms with Crippen LogP contribution in [0.2, 0.25) is 5.02 Å². The molecule has 136 valence electrons. The molecule has 0 radical (unpaired) electrons. The standard InChI is InChI=1S/C19H13ClN2O3S2/c1-24-16-9-12(5-6-15(16)25-8-7-21)10-17-18(23)22(19(26)27-17)14-4-2-3-13(20)11-14/h2-6,9-11H,8H2,1H3/b17-10-. The van der Waals surface area contributed by atoms with Crippen LogP contribution in [0.1, 0.15) is 5.56 Å². The summed E-state index contributed by atoms with van der Waals surface area (Å²) in [5.41, 5.74) is 1.38. The Kier molecular flexibility index (Phi) is 6.01. The fraction of sp³-hybridized carbons (Fsp3) is 0.105. The number of nitriles is 1. The number of hydrogen-bond acceptors (Lipinski definition) is 6. The lowest BCUT2D eigenvalue weighted by Gasteiger charge is -2.14. The summed E-state index contributed by atoms with van der Waals surface area (Å²) in [5.74, 6) is 0.725. The minimum Gasteiger partial charge on any atom is -0.493 e. The third kappa shape index (κ3) is 4.25. The zero-order valence-electron chi connectivity index (χ0n) is 14.1. The van der Waals surface area contributed by atoms with Crippen LogP contribution in [-0.2, 0) is 4.79 Å². The van der Waals surface area contributed by atoms with Crippen molar-refractivity contribution in [1.29, 1.82) is 5.26 Å². The maximum absolute atomic E-state index is 12.8. The fourth-order valence-electron chi connectivity index (χ4n) is 2.46. The average Bonchev–Trinajstić information content (AvgIpc) is 2.93. The SMILES string of the molecule is COc1cc(/C=C2\SC(=S)N(c3cccc(Cl)c3)C2=O)ccc1OCC#N. The smallest absolute Gasteiger partial charge is 0.270 e. The van der Waals surface area contributed by atoms with Gasteiger partial charge in [-0.2, -0.15) is 5.26 Å². The molecule has 8 heteroatoms. The summed E-state index contributed by atoms with van der Waals surface area (Å²) in [7, 11) is 1.51. The summed E-state index contributed by atoms with van der Waals surface area (Å²) in [4.78, 5) is 14.8. The maximum Gasteiger partial charge on any atom is 0.270 e. The van der Waals surface area contributed by atoms with E-state index in [1.807, 2.05) is 6.07 Å². The highest BCUT2D eigenvalue weighted by atomic mass is 35.5. The third-order valence-corrected chi connectivity index (χ3v) is 5.18. The summed E-state index contributed by atoms with van der Waals surface area (Å²) in [6.45, 7) is -0.0754. The molecule has 5 nitrogen and oxygen atoms in total. The minimum atomic E-state index is -0.212. The first-order chi connectivity index (χ1) is 13.0. The summed E-state index contributed by atoms with van der Waals surface area (Å²) < 4.78 is 11.0. The van der Waals surface area contributed by atoms with Crippen molar-refractivity contribution in [1.82, 2.24) is 0 Å². The van der Waals surface area contributed by atoms with E-state index in [9.17, 15) is 4.79 Å². The highest BCUT2D eigenvalue weighted by molar-refractivity contribution is 8.27. The zero-order valence-corrected chi connectivity index (χ0v) is 16.5. The largest absolute Gasteiger partial charge is 0.493 e. The number of thioether (sulfide) groups is 1. The molecule has 1 saturated heterocycles. The Balaban J connectivity index is 1.88. The molecule has 0 bridgehead atoms. The van der Waals surface area contributed by atoms with Crippen LogP contribution in [0, 0.1) is 11.3 Å². The van der Waals surface area contributed by atoms with Gasteiger partial charge in [0.2, 0.25) is 0 Å². The summed E-state index contributed by atoms with van der Waals surface area (Å²) in [6.07, 6.45) is 1.74. The molecule has 0 N–H and O–H groups in total. The molecule has 27 heavy (non-hydrogen) atoms. The Morgan fingerprint density at radius 1 is 1.30 bits per heavy atom. The lowest BCUT2D eigenvalue weighted by molar-refractivity contribution is -0.113. The van der Waals surface area contributed by atoms with Gasteiger partial charge in [0.25, 0.3) is 5.91 Å². The molecule has 0 unspecified atom stereocenters. The van der Waals surface area contributed by atoms with Gasteiger partial charge < -0.3 is 9.47 Å². The molecule has 0 spiro atoms. The van der Waals surface area contributed by atoms with Crippen LogP contribution >= 0.6 is 35.6 Å². The van der Waals surface area contributed by atoms with Gasteiger partial charge in [0.1, 0.15) is 6.07 Å². The quantitative estimate of drug-likeness (QED) is 0.522. The van der Waals surface area contributed by atoms with Crippen molar-refractivity contribution >= 4 is 57.6 Å². The summed E-state index contributed by atoms with van der Waals surface area (Å²) >= 11 is 12.6. The molecular formula is C19H13ClN2O3S2. The van der Waals surface area contributed by atoms with Crippen molar-refractivity contribution in [2.24, 2.45) is 0 Å². The van der Waals surface area contributed by atoms with E-state index < -0.39 is 0 Å². The van der Waals surface area contributed by atoms with Gasteiger partial charge >= 0.3 is 0 Å². The number of nitrogens with zero attached hydrogens (tertiary/aromatic N) is 2. The van der Waals surface area contributed by atoms with Crippen LogP contribution in [0.4, 0.5) is 5.69 Å². The molecule has 0 atom stereocenters. The first kappa shape index (κ1) is 19.2. The molecule has 2 aromatic rings. The molecule has 1 heterocycles. The Morgan fingerprint density at radius 2 is 2.11 bits per heavy atom. The van der Waals surface area contributed by atoms with Crippen LogP contribution in [0.5, 0.6) is 11.5 Å². The van der Waals surface area contributed by atoms with E-state index in [0.717, 1.165) is 5.56 Å². The average molecular weight is 417 g/mol. The van der Waals surface area contributed by atoms with Crippen molar-refractivity contribution < 1.29 is 14.3 Å². The van der Waals surface area contributed by atoms with Crippen molar-refractivity contribution in [3.8, 4) is 17.6 Å². The number of thiocarbonyl (C=S) groups is 1. The molecule has 1 fully saturated rings. The maximum atomic E-state index is 12.8. The number of carbonyl (C=O) groups is 1. The van der Waals surface area contributed by atoms with Gasteiger partial charge in [0.15, 0.2) is 22.4 Å². The van der Waals surface area contributed by atoms with E-state index in [2.05, 4.69) is 0 Å². The number of hydrogen-bond donors (Lipinski definition) is 0. The third-order valence-electron chi connectivity index (χ3n) is 3.64. The van der Waals surface area contributed by atoms with Gasteiger partial charge in [-0.1, -0.05) is 47.7 Å². The fourth-order valence-corrected chi connectivity index (χ4v) is 3.94. The van der Waals surface area contributed by atoms with Crippen LogP contribution in [0.3, 0.4) is 0 Å². The minimum absolute atomic E-state index is 0.0754. The van der Waals surface area contributed by atoms with Gasteiger partial charge in [-0.3, -0.25) is 9.69 Å². The van der Waals surface area contributed by atoms with Crippen LogP contribution < -0.4 is 14.4 Å². The van der Waals surface area contributed by atoms with E-state index in [1.54, 1.807) is 48.5 Å². The number of rotatable bonds is 5. The Hall–Kier alpha value is -2.53. The van der Waals surface area contributed by atoms with Gasteiger partial charge in [0.05, 0.1) is 17.7 Å². The van der Waals surface area contributed by atoms with Crippen molar-refractivity contribution in [2.75, 3.05) is 18.6 Å². The number of anilines is 1. The van der Waals surface area contributed by atoms with E-state index in [1.165, 1.54) is 23.8 Å². The lowest BCUT2D eigenvalue weighted by Crippen LogP contribution is -2.27. The number of benzene rings is 2. The molecule has 1 aliphatic heterocycles. The molecule has 0 saturated carbocycles. The molecule has 3 rings (SSSR count). The van der Waals surface area contributed by atoms with Gasteiger partial charge in [-0.25, -0.2) is 0 Å². The number of methoxy groups -OCH3 is 1. The van der Waals surface area contributed by atoms with E-state index in [4.69, 9.17) is 38.6 Å². The highest BCUT2D eigenvalue weighted by Crippen LogP contribution is 2.37.